The van der Waals surface area contributed by atoms with Gasteiger partial charge in [-0.05, 0) is 61.2 Å². The van der Waals surface area contributed by atoms with Crippen molar-refractivity contribution in [2.24, 2.45) is 0 Å². The third-order valence-electron chi connectivity index (χ3n) is 4.20. The molecular formula is C19H16N2O6S. The average Bonchev–Trinajstić information content (AvgIpc) is 3.25. The monoisotopic (exact) mass is 400 g/mol. The highest BCUT2D eigenvalue weighted by molar-refractivity contribution is 8.18. The minimum absolute atomic E-state index is 0.162. The summed E-state index contributed by atoms with van der Waals surface area (Å²) in [6.45, 7) is 1.43. The molecule has 1 aliphatic heterocycles. The van der Waals surface area contributed by atoms with Crippen molar-refractivity contribution >= 4 is 40.9 Å². The summed E-state index contributed by atoms with van der Waals surface area (Å²) in [7, 11) is 1.19. The number of imide groups is 1. The standard InChI is InChI=1S/C19H16N2O6S/c1-11(18(25)27-2)21-16(22)15(28-19(21)26)10-14-4-3-9-20(14)13-7-5-12(6-8-13)17(23)24/h3-11H,1-2H3,(H,23,24)/b15-10+/t11-/m0/s1. The van der Waals surface area contributed by atoms with Crippen LogP contribution in [0.25, 0.3) is 11.8 Å². The molecule has 144 valence electrons. The van der Waals surface area contributed by atoms with E-state index in [1.807, 2.05) is 0 Å². The van der Waals surface area contributed by atoms with Crippen molar-refractivity contribution in [3.63, 3.8) is 0 Å². The zero-order valence-corrected chi connectivity index (χ0v) is 15.8. The van der Waals surface area contributed by atoms with Crippen molar-refractivity contribution < 1.29 is 29.0 Å². The number of carbonyl (C=O) groups is 4. The predicted octanol–water partition coefficient (Wildman–Crippen LogP) is 2.77. The van der Waals surface area contributed by atoms with Crippen molar-refractivity contribution in [3.8, 4) is 5.69 Å². The van der Waals surface area contributed by atoms with E-state index in [0.717, 1.165) is 16.7 Å². The first kappa shape index (κ1) is 19.4. The van der Waals surface area contributed by atoms with E-state index in [-0.39, 0.29) is 10.5 Å². The molecule has 0 radical (unpaired) electrons. The van der Waals surface area contributed by atoms with Crippen molar-refractivity contribution in [3.05, 3.63) is 58.8 Å². The van der Waals surface area contributed by atoms with Crippen molar-refractivity contribution in [2.45, 2.75) is 13.0 Å². The molecule has 0 spiro atoms. The number of carboxylic acid groups (broad SMARTS) is 1. The Hall–Kier alpha value is -3.33. The molecule has 0 aliphatic carbocycles. The Balaban J connectivity index is 1.90. The number of aromatic carboxylic acids is 1. The van der Waals surface area contributed by atoms with Crippen LogP contribution in [0.4, 0.5) is 4.79 Å². The summed E-state index contributed by atoms with van der Waals surface area (Å²) in [6, 6.07) is 8.75. The van der Waals surface area contributed by atoms with Crippen LogP contribution in [0.15, 0.2) is 47.5 Å². The summed E-state index contributed by atoms with van der Waals surface area (Å²) >= 11 is 0.746. The maximum Gasteiger partial charge on any atom is 0.335 e. The van der Waals surface area contributed by atoms with E-state index in [2.05, 4.69) is 4.74 Å². The quantitative estimate of drug-likeness (QED) is 0.608. The van der Waals surface area contributed by atoms with Gasteiger partial charge in [0.25, 0.3) is 11.1 Å². The number of rotatable bonds is 5. The summed E-state index contributed by atoms with van der Waals surface area (Å²) in [6.07, 6.45) is 3.31. The van der Waals surface area contributed by atoms with Gasteiger partial charge in [-0.15, -0.1) is 0 Å². The van der Waals surface area contributed by atoms with Gasteiger partial charge in [-0.25, -0.2) is 9.59 Å². The van der Waals surface area contributed by atoms with Gasteiger partial charge in [0, 0.05) is 17.6 Å². The van der Waals surface area contributed by atoms with Crippen LogP contribution in [0.2, 0.25) is 0 Å². The Morgan fingerprint density at radius 2 is 1.86 bits per heavy atom. The number of hydrogen-bond acceptors (Lipinski definition) is 6. The van der Waals surface area contributed by atoms with E-state index in [0.29, 0.717) is 11.4 Å². The lowest BCUT2D eigenvalue weighted by Gasteiger charge is -2.18. The Kier molecular flexibility index (Phi) is 5.36. The number of benzene rings is 1. The third-order valence-corrected chi connectivity index (χ3v) is 5.09. The summed E-state index contributed by atoms with van der Waals surface area (Å²) in [5.41, 5.74) is 1.48. The van der Waals surface area contributed by atoms with E-state index in [1.54, 1.807) is 41.1 Å². The summed E-state index contributed by atoms with van der Waals surface area (Å²) in [5, 5.41) is 8.46. The first-order chi connectivity index (χ1) is 13.3. The molecule has 1 N–H and O–H groups in total. The van der Waals surface area contributed by atoms with E-state index < -0.39 is 29.1 Å². The molecule has 2 amide bonds. The van der Waals surface area contributed by atoms with Crippen LogP contribution in [0, 0.1) is 0 Å². The molecule has 2 heterocycles. The Morgan fingerprint density at radius 3 is 2.46 bits per heavy atom. The largest absolute Gasteiger partial charge is 0.478 e. The smallest absolute Gasteiger partial charge is 0.335 e. The molecule has 0 bridgehead atoms. The van der Waals surface area contributed by atoms with Crippen LogP contribution in [-0.2, 0) is 14.3 Å². The molecule has 0 unspecified atom stereocenters. The van der Waals surface area contributed by atoms with Crippen molar-refractivity contribution in [1.82, 2.24) is 9.47 Å². The SMILES string of the molecule is COC(=O)[C@H](C)N1C(=O)S/C(=C/c2cccn2-c2ccc(C(=O)O)cc2)C1=O. The van der Waals surface area contributed by atoms with E-state index in [9.17, 15) is 19.2 Å². The van der Waals surface area contributed by atoms with Crippen LogP contribution in [0.5, 0.6) is 0 Å². The molecule has 1 aromatic carbocycles. The Morgan fingerprint density at radius 1 is 1.18 bits per heavy atom. The number of nitrogens with zero attached hydrogens (tertiary/aromatic N) is 2. The highest BCUT2D eigenvalue weighted by atomic mass is 32.2. The number of ether oxygens (including phenoxy) is 1. The number of amides is 2. The number of aromatic nitrogens is 1. The second kappa shape index (κ2) is 7.73. The van der Waals surface area contributed by atoms with Gasteiger partial charge in [-0.1, -0.05) is 0 Å². The summed E-state index contributed by atoms with van der Waals surface area (Å²) < 4.78 is 6.36. The lowest BCUT2D eigenvalue weighted by atomic mass is 10.2. The van der Waals surface area contributed by atoms with Crippen LogP contribution >= 0.6 is 11.8 Å². The topological polar surface area (TPSA) is 106 Å². The summed E-state index contributed by atoms with van der Waals surface area (Å²) in [4.78, 5) is 48.5. The van der Waals surface area contributed by atoms with Gasteiger partial charge >= 0.3 is 11.9 Å². The molecule has 1 aromatic heterocycles. The van der Waals surface area contributed by atoms with Gasteiger partial charge in [-0.3, -0.25) is 14.5 Å². The van der Waals surface area contributed by atoms with Crippen LogP contribution in [0.1, 0.15) is 23.0 Å². The van der Waals surface area contributed by atoms with Gasteiger partial charge in [-0.2, -0.15) is 0 Å². The summed E-state index contributed by atoms with van der Waals surface area (Å²) in [5.74, 6) is -2.26. The predicted molar refractivity (Wildman–Crippen MR) is 102 cm³/mol. The fourth-order valence-corrected chi connectivity index (χ4v) is 3.63. The molecule has 8 nitrogen and oxygen atoms in total. The molecule has 2 aromatic rings. The molecule has 1 fully saturated rings. The lowest BCUT2D eigenvalue weighted by molar-refractivity contribution is -0.148. The Bertz CT molecular complexity index is 992. The molecule has 9 heteroatoms. The maximum atomic E-state index is 12.6. The van der Waals surface area contributed by atoms with E-state index in [1.165, 1.54) is 26.2 Å². The molecule has 1 aliphatic rings. The highest BCUT2D eigenvalue weighted by Gasteiger charge is 2.41. The van der Waals surface area contributed by atoms with E-state index in [4.69, 9.17) is 5.11 Å². The zero-order chi connectivity index (χ0) is 20.4. The number of thioether (sulfide) groups is 1. The van der Waals surface area contributed by atoms with Gasteiger partial charge in [0.05, 0.1) is 17.6 Å². The second-order valence-electron chi connectivity index (χ2n) is 5.91. The van der Waals surface area contributed by atoms with Gasteiger partial charge in [0.15, 0.2) is 0 Å². The average molecular weight is 400 g/mol. The van der Waals surface area contributed by atoms with E-state index >= 15 is 0 Å². The fourth-order valence-electron chi connectivity index (χ4n) is 2.74. The van der Waals surface area contributed by atoms with Gasteiger partial charge in [0.1, 0.15) is 6.04 Å². The maximum absolute atomic E-state index is 12.6. The lowest BCUT2D eigenvalue weighted by Crippen LogP contribution is -2.42. The Labute approximate surface area is 164 Å². The number of esters is 1. The number of methoxy groups -OCH3 is 1. The normalized spacial score (nSPS) is 16.5. The van der Waals surface area contributed by atoms with Crippen molar-refractivity contribution in [1.29, 1.82) is 0 Å². The molecule has 3 rings (SSSR count). The molecule has 0 saturated carbocycles. The first-order valence-corrected chi connectivity index (χ1v) is 9.01. The molecule has 1 atom stereocenters. The number of carboxylic acids is 1. The molecule has 1 saturated heterocycles. The molecular weight excluding hydrogens is 384 g/mol. The third kappa shape index (κ3) is 3.56. The number of hydrogen-bond donors (Lipinski definition) is 1. The van der Waals surface area contributed by atoms with Crippen LogP contribution < -0.4 is 0 Å². The number of carbonyl (C=O) groups excluding carboxylic acids is 3. The highest BCUT2D eigenvalue weighted by Crippen LogP contribution is 2.34. The molecule has 28 heavy (non-hydrogen) atoms. The van der Waals surface area contributed by atoms with Crippen LogP contribution in [-0.4, -0.2) is 50.8 Å². The van der Waals surface area contributed by atoms with Gasteiger partial charge < -0.3 is 14.4 Å². The fraction of sp³-hybridized carbons (Fsp3) is 0.158. The minimum Gasteiger partial charge on any atom is -0.478 e. The van der Waals surface area contributed by atoms with Crippen LogP contribution in [0.3, 0.4) is 0 Å². The van der Waals surface area contributed by atoms with Gasteiger partial charge in [0.2, 0.25) is 0 Å². The minimum atomic E-state index is -1.02. The first-order valence-electron chi connectivity index (χ1n) is 8.19. The second-order valence-corrected chi connectivity index (χ2v) is 6.90. The van der Waals surface area contributed by atoms with Crippen molar-refractivity contribution in [2.75, 3.05) is 7.11 Å². The zero-order valence-electron chi connectivity index (χ0n) is 15.0.